The molecule has 68 valence electrons. The molecule has 0 heterocycles. The molecule has 0 spiro atoms. The molecule has 0 N–H and O–H groups in total. The molecule has 7 heteroatoms. The molecular formula is C6H4BrFMgO3S. The second kappa shape index (κ2) is 5.92. The van der Waals surface area contributed by atoms with Crippen LogP contribution in [-0.4, -0.2) is 36.0 Å². The van der Waals surface area contributed by atoms with Crippen LogP contribution in [0.4, 0.5) is 4.39 Å². The van der Waals surface area contributed by atoms with E-state index in [1.54, 1.807) is 0 Å². The van der Waals surface area contributed by atoms with Crippen LogP contribution in [0.25, 0.3) is 0 Å². The third-order valence-corrected chi connectivity index (χ3v) is 1.95. The maximum Gasteiger partial charge on any atom is 2.00 e. The molecule has 3 nitrogen and oxygen atoms in total. The summed E-state index contributed by atoms with van der Waals surface area (Å²) in [6.07, 6.45) is 0. The predicted molar refractivity (Wildman–Crippen MR) is 40.1 cm³/mol. The van der Waals surface area contributed by atoms with Crippen LogP contribution in [0, 0.1) is 5.82 Å². The number of rotatable bonds is 1. The molecule has 0 saturated carbocycles. The number of benzene rings is 1. The smallest absolute Gasteiger partial charge is 1.00 e. The minimum absolute atomic E-state index is 0. The molecule has 1 aromatic carbocycles. The summed E-state index contributed by atoms with van der Waals surface area (Å²) in [7, 11) is -4.44. The Hall–Kier alpha value is 0.306. The van der Waals surface area contributed by atoms with Crippen molar-refractivity contribution in [2.24, 2.45) is 0 Å². The SMILES string of the molecule is O=S(=O)([O-])c1ccc(F)cc1.[Br-].[Mg+2]. The largest absolute Gasteiger partial charge is 2.00 e. The summed E-state index contributed by atoms with van der Waals surface area (Å²) in [6.45, 7) is 0. The third kappa shape index (κ3) is 4.92. The van der Waals surface area contributed by atoms with Crippen molar-refractivity contribution in [1.29, 1.82) is 0 Å². The molecule has 1 rings (SSSR count). The van der Waals surface area contributed by atoms with Gasteiger partial charge in [0.15, 0.2) is 0 Å². The van der Waals surface area contributed by atoms with Gasteiger partial charge in [0.1, 0.15) is 15.9 Å². The monoisotopic (exact) mass is 278 g/mol. The van der Waals surface area contributed by atoms with Crippen LogP contribution < -0.4 is 17.0 Å². The van der Waals surface area contributed by atoms with Crippen LogP contribution in [0.3, 0.4) is 0 Å². The first kappa shape index (κ1) is 15.8. The summed E-state index contributed by atoms with van der Waals surface area (Å²) >= 11 is 0. The van der Waals surface area contributed by atoms with Gasteiger partial charge >= 0.3 is 23.1 Å². The van der Waals surface area contributed by atoms with Gasteiger partial charge in [0.2, 0.25) is 0 Å². The average molecular weight is 279 g/mol. The molecule has 0 saturated heterocycles. The molecule has 0 radical (unpaired) electrons. The molecule has 0 aromatic heterocycles. The van der Waals surface area contributed by atoms with Crippen molar-refractivity contribution >= 4 is 33.2 Å². The molecular weight excluding hydrogens is 275 g/mol. The van der Waals surface area contributed by atoms with Crippen molar-refractivity contribution < 1.29 is 34.3 Å². The van der Waals surface area contributed by atoms with Crippen LogP contribution >= 0.6 is 0 Å². The second-order valence-electron chi connectivity index (χ2n) is 1.91. The molecule has 0 bridgehead atoms. The molecule has 0 fully saturated rings. The van der Waals surface area contributed by atoms with Crippen LogP contribution in [-0.2, 0) is 10.1 Å². The maximum atomic E-state index is 12.2. The Kier molecular flexibility index (Phi) is 7.17. The maximum absolute atomic E-state index is 12.2. The van der Waals surface area contributed by atoms with E-state index in [1.807, 2.05) is 0 Å². The second-order valence-corrected chi connectivity index (χ2v) is 3.29. The van der Waals surface area contributed by atoms with E-state index in [9.17, 15) is 17.4 Å². The summed E-state index contributed by atoms with van der Waals surface area (Å²) < 4.78 is 43.0. The summed E-state index contributed by atoms with van der Waals surface area (Å²) in [4.78, 5) is -0.418. The molecule has 1 aromatic rings. The first-order valence-corrected chi connectivity index (χ1v) is 4.12. The Morgan fingerprint density at radius 2 is 1.54 bits per heavy atom. The van der Waals surface area contributed by atoms with Gasteiger partial charge in [-0.3, -0.25) is 0 Å². The van der Waals surface area contributed by atoms with E-state index in [0.29, 0.717) is 0 Å². The van der Waals surface area contributed by atoms with Crippen molar-refractivity contribution in [3.05, 3.63) is 30.1 Å². The fourth-order valence-electron chi connectivity index (χ4n) is 0.601. The van der Waals surface area contributed by atoms with E-state index in [4.69, 9.17) is 0 Å². The molecule has 0 atom stereocenters. The molecule has 0 aliphatic carbocycles. The Morgan fingerprint density at radius 3 is 1.85 bits per heavy atom. The van der Waals surface area contributed by atoms with Crippen molar-refractivity contribution in [2.75, 3.05) is 0 Å². The fourth-order valence-corrected chi connectivity index (χ4v) is 1.07. The Balaban J connectivity index is 0. The molecule has 13 heavy (non-hydrogen) atoms. The van der Waals surface area contributed by atoms with Crippen molar-refractivity contribution in [3.63, 3.8) is 0 Å². The van der Waals surface area contributed by atoms with Crippen LogP contribution in [0.2, 0.25) is 0 Å². The molecule has 0 aliphatic heterocycles. The van der Waals surface area contributed by atoms with E-state index in [-0.39, 0.29) is 40.0 Å². The first-order valence-electron chi connectivity index (χ1n) is 2.71. The topological polar surface area (TPSA) is 57.2 Å². The average Bonchev–Trinajstić information content (AvgIpc) is 1.86. The summed E-state index contributed by atoms with van der Waals surface area (Å²) in [5.41, 5.74) is 0. The number of hydrogen-bond donors (Lipinski definition) is 0. The minimum atomic E-state index is -4.44. The summed E-state index contributed by atoms with van der Waals surface area (Å²) in [5, 5.41) is 0. The van der Waals surface area contributed by atoms with Gasteiger partial charge in [0, 0.05) is 0 Å². The van der Waals surface area contributed by atoms with Gasteiger partial charge in [-0.05, 0) is 24.3 Å². The fraction of sp³-hybridized carbons (Fsp3) is 0. The molecule has 0 aliphatic rings. The normalized spacial score (nSPS) is 9.69. The Bertz CT molecular complexity index is 351. The van der Waals surface area contributed by atoms with Gasteiger partial charge in [-0.25, -0.2) is 12.8 Å². The number of hydrogen-bond acceptors (Lipinski definition) is 3. The molecule has 0 amide bonds. The zero-order valence-corrected chi connectivity index (χ0v) is 10.2. The third-order valence-electron chi connectivity index (χ3n) is 1.10. The number of halogens is 2. The van der Waals surface area contributed by atoms with Gasteiger partial charge in [-0.2, -0.15) is 0 Å². The summed E-state index contributed by atoms with van der Waals surface area (Å²) in [5.74, 6) is -0.572. The van der Waals surface area contributed by atoms with Gasteiger partial charge < -0.3 is 21.5 Å². The first-order chi connectivity index (χ1) is 5.00. The van der Waals surface area contributed by atoms with E-state index in [0.717, 1.165) is 24.3 Å². The zero-order chi connectivity index (χ0) is 8.48. The van der Waals surface area contributed by atoms with E-state index >= 15 is 0 Å². The van der Waals surface area contributed by atoms with Crippen LogP contribution in [0.15, 0.2) is 29.2 Å². The van der Waals surface area contributed by atoms with Crippen molar-refractivity contribution in [1.82, 2.24) is 0 Å². The predicted octanol–water partition coefficient (Wildman–Crippen LogP) is -2.65. The minimum Gasteiger partial charge on any atom is -1.00 e. The van der Waals surface area contributed by atoms with E-state index in [1.165, 1.54) is 0 Å². The van der Waals surface area contributed by atoms with Gasteiger partial charge in [-0.15, -0.1) is 0 Å². The molecule has 0 unspecified atom stereocenters. The Labute approximate surface area is 102 Å². The van der Waals surface area contributed by atoms with E-state index < -0.39 is 20.8 Å². The van der Waals surface area contributed by atoms with Crippen LogP contribution in [0.1, 0.15) is 0 Å². The Morgan fingerprint density at radius 1 is 1.15 bits per heavy atom. The van der Waals surface area contributed by atoms with Crippen molar-refractivity contribution in [3.8, 4) is 0 Å². The van der Waals surface area contributed by atoms with Crippen molar-refractivity contribution in [2.45, 2.75) is 4.90 Å². The van der Waals surface area contributed by atoms with Gasteiger partial charge in [-0.1, -0.05) is 0 Å². The van der Waals surface area contributed by atoms with E-state index in [2.05, 4.69) is 0 Å². The van der Waals surface area contributed by atoms with Gasteiger partial charge in [0.25, 0.3) is 0 Å². The standard InChI is InChI=1S/C6H5FO3S.BrH.Mg/c7-5-1-3-6(4-2-5)11(8,9)10;;/h1-4H,(H,8,9,10);1H;/q;;+2/p-2. The van der Waals surface area contributed by atoms with Gasteiger partial charge in [0.05, 0.1) is 4.90 Å². The zero-order valence-electron chi connectivity index (χ0n) is 6.41. The van der Waals surface area contributed by atoms with Crippen LogP contribution in [0.5, 0.6) is 0 Å². The summed E-state index contributed by atoms with van der Waals surface area (Å²) in [6, 6.07) is 3.70. The quantitative estimate of drug-likeness (QED) is 0.417.